The summed E-state index contributed by atoms with van der Waals surface area (Å²) in [7, 11) is -15.5. The number of azo groups is 2. The third-order valence-corrected chi connectivity index (χ3v) is 7.67. The van der Waals surface area contributed by atoms with Gasteiger partial charge in [0.25, 0.3) is 30.4 Å². The number of hydrogen-bond donors (Lipinski definition) is 4. The molecule has 0 saturated carbocycles. The molecule has 14 nitrogen and oxygen atoms in total. The van der Waals surface area contributed by atoms with E-state index in [0.29, 0.717) is 29.6 Å². The maximum Gasteiger partial charge on any atom is 1.00 e. The number of fused-ring (bicyclic) bond motifs is 1. The average Bonchev–Trinajstić information content (AvgIpc) is 2.85. The second-order valence-electron chi connectivity index (χ2n) is 7.77. The standard InChI is InChI=1S/C22H16N4O10S3.3Na/c27-22-19(39(34,35)36)11-13-10-17(37(28,29)30)12-18(38(31,32)33)20(13)21(22)26-25-16-8-6-15(7-9-16)24-23-14-4-2-1-3-5-14;;;/h1-12,27H,(H,28,29,30)(H,31,32,33)(H,34,35,36);;;/q;3*+1. The van der Waals surface area contributed by atoms with E-state index < -0.39 is 67.3 Å². The van der Waals surface area contributed by atoms with Gasteiger partial charge in [0.1, 0.15) is 15.5 Å². The van der Waals surface area contributed by atoms with Gasteiger partial charge >= 0.3 is 88.7 Å². The predicted molar refractivity (Wildman–Crippen MR) is 136 cm³/mol. The van der Waals surface area contributed by atoms with Crippen molar-refractivity contribution in [3.63, 3.8) is 0 Å². The van der Waals surface area contributed by atoms with Gasteiger partial charge in [0.05, 0.1) is 22.0 Å². The number of phenols is 1. The maximum atomic E-state index is 12.1. The molecule has 0 heterocycles. The van der Waals surface area contributed by atoms with E-state index in [9.17, 15) is 44.0 Å². The first-order valence-electron chi connectivity index (χ1n) is 10.4. The summed E-state index contributed by atoms with van der Waals surface area (Å²) >= 11 is 0. The summed E-state index contributed by atoms with van der Waals surface area (Å²) in [6.07, 6.45) is 0. The van der Waals surface area contributed by atoms with Gasteiger partial charge in [-0.3, -0.25) is 13.7 Å². The van der Waals surface area contributed by atoms with Crippen LogP contribution in [0.2, 0.25) is 0 Å². The molecular formula is C22H16N4Na3O10S3+3. The van der Waals surface area contributed by atoms with Gasteiger partial charge in [-0.25, -0.2) is 0 Å². The molecule has 0 atom stereocenters. The molecule has 4 rings (SSSR count). The average molecular weight is 662 g/mol. The maximum absolute atomic E-state index is 12.1. The number of aromatic hydroxyl groups is 1. The Morgan fingerprint density at radius 3 is 1.43 bits per heavy atom. The van der Waals surface area contributed by atoms with E-state index in [1.54, 1.807) is 24.3 Å². The van der Waals surface area contributed by atoms with Crippen LogP contribution in [0.15, 0.2) is 108 Å². The Kier molecular flexibility index (Phi) is 14.1. The van der Waals surface area contributed by atoms with Gasteiger partial charge in [-0.15, -0.1) is 5.11 Å². The van der Waals surface area contributed by atoms with Crippen LogP contribution in [0.5, 0.6) is 5.75 Å². The molecule has 0 aliphatic carbocycles. The van der Waals surface area contributed by atoms with Crippen LogP contribution >= 0.6 is 0 Å². The molecule has 0 aliphatic rings. The first-order valence-corrected chi connectivity index (χ1v) is 14.7. The van der Waals surface area contributed by atoms with E-state index in [4.69, 9.17) is 0 Å². The molecule has 202 valence electrons. The van der Waals surface area contributed by atoms with Crippen molar-refractivity contribution in [1.82, 2.24) is 0 Å². The van der Waals surface area contributed by atoms with Gasteiger partial charge in [0, 0.05) is 5.39 Å². The number of nitrogens with zero attached hydrogens (tertiary/aromatic N) is 4. The topological polar surface area (TPSA) is 233 Å². The molecular weight excluding hydrogens is 645 g/mol. The van der Waals surface area contributed by atoms with Crippen molar-refractivity contribution < 1.29 is 133 Å². The summed E-state index contributed by atoms with van der Waals surface area (Å²) < 4.78 is 99.9. The Labute approximate surface area is 306 Å². The molecule has 0 aromatic heterocycles. The van der Waals surface area contributed by atoms with Crippen LogP contribution in [0.4, 0.5) is 22.7 Å². The third kappa shape index (κ3) is 9.43. The van der Waals surface area contributed by atoms with Crippen molar-refractivity contribution in [2.24, 2.45) is 20.5 Å². The van der Waals surface area contributed by atoms with E-state index in [2.05, 4.69) is 20.5 Å². The van der Waals surface area contributed by atoms with Crippen molar-refractivity contribution in [2.75, 3.05) is 0 Å². The van der Waals surface area contributed by atoms with Crippen molar-refractivity contribution in [3.05, 3.63) is 72.8 Å². The second-order valence-corrected chi connectivity index (χ2v) is 12.0. The molecule has 0 radical (unpaired) electrons. The second kappa shape index (κ2) is 15.2. The number of phenolic OH excluding ortho intramolecular Hbond substituents is 1. The molecule has 4 aromatic rings. The summed E-state index contributed by atoms with van der Waals surface area (Å²) in [6, 6.07) is 16.2. The molecule has 0 saturated heterocycles. The smallest absolute Gasteiger partial charge is 0.504 e. The van der Waals surface area contributed by atoms with Gasteiger partial charge < -0.3 is 5.11 Å². The van der Waals surface area contributed by atoms with Gasteiger partial charge in [-0.2, -0.15) is 40.6 Å². The number of benzene rings is 4. The van der Waals surface area contributed by atoms with Gasteiger partial charge in [0.15, 0.2) is 5.75 Å². The monoisotopic (exact) mass is 661 g/mol. The van der Waals surface area contributed by atoms with E-state index in [0.717, 1.165) is 0 Å². The summed E-state index contributed by atoms with van der Waals surface area (Å²) in [6.45, 7) is 0. The molecule has 0 amide bonds. The Hall–Kier alpha value is -1.13. The zero-order valence-electron chi connectivity index (χ0n) is 22.2. The Morgan fingerprint density at radius 1 is 0.524 bits per heavy atom. The number of hydrogen-bond acceptors (Lipinski definition) is 11. The van der Waals surface area contributed by atoms with Crippen LogP contribution < -0.4 is 88.7 Å². The van der Waals surface area contributed by atoms with Crippen LogP contribution in [0, 0.1) is 0 Å². The molecule has 42 heavy (non-hydrogen) atoms. The minimum Gasteiger partial charge on any atom is -0.504 e. The SMILES string of the molecule is O=S(=O)(O)c1cc(S(=O)(=O)O)c2c(N=Nc3ccc(N=Nc4ccccc4)cc3)c(O)c(S(=O)(=O)O)cc2c1.[Na+].[Na+].[Na+]. The van der Waals surface area contributed by atoms with E-state index in [1.807, 2.05) is 6.07 Å². The van der Waals surface area contributed by atoms with Crippen molar-refractivity contribution in [1.29, 1.82) is 0 Å². The molecule has 0 aliphatic heterocycles. The molecule has 20 heteroatoms. The molecule has 0 fully saturated rings. The van der Waals surface area contributed by atoms with Crippen molar-refractivity contribution in [2.45, 2.75) is 14.7 Å². The van der Waals surface area contributed by atoms with Gasteiger partial charge in [-0.05, 0) is 60.0 Å². The van der Waals surface area contributed by atoms with E-state index in [-0.39, 0.29) is 94.4 Å². The minimum absolute atomic E-state index is 0. The normalized spacial score (nSPS) is 12.1. The van der Waals surface area contributed by atoms with E-state index in [1.165, 1.54) is 24.3 Å². The van der Waals surface area contributed by atoms with Crippen LogP contribution in [0.3, 0.4) is 0 Å². The first-order chi connectivity index (χ1) is 18.1. The zero-order valence-corrected chi connectivity index (χ0v) is 30.6. The fourth-order valence-corrected chi connectivity index (χ4v) is 5.36. The van der Waals surface area contributed by atoms with Crippen LogP contribution in [0.25, 0.3) is 10.8 Å². The Morgan fingerprint density at radius 2 is 0.976 bits per heavy atom. The fraction of sp³-hybridized carbons (Fsp3) is 0. The predicted octanol–water partition coefficient (Wildman–Crippen LogP) is -3.87. The van der Waals surface area contributed by atoms with Gasteiger partial charge in [-0.1, -0.05) is 18.2 Å². The number of rotatable bonds is 7. The summed E-state index contributed by atoms with van der Waals surface area (Å²) in [5.41, 5.74) is 0.295. The van der Waals surface area contributed by atoms with E-state index >= 15 is 0 Å². The third-order valence-electron chi connectivity index (χ3n) is 5.09. The largest absolute Gasteiger partial charge is 1.00 e. The van der Waals surface area contributed by atoms with Gasteiger partial charge in [0.2, 0.25) is 0 Å². The fourth-order valence-electron chi connectivity index (χ4n) is 3.37. The van der Waals surface area contributed by atoms with Crippen molar-refractivity contribution in [3.8, 4) is 5.75 Å². The first kappa shape index (κ1) is 38.9. The molecule has 4 aromatic carbocycles. The van der Waals surface area contributed by atoms with Crippen LogP contribution in [-0.4, -0.2) is 44.0 Å². The Bertz CT molecular complexity index is 1990. The molecule has 0 bridgehead atoms. The van der Waals surface area contributed by atoms with Crippen LogP contribution in [-0.2, 0) is 30.4 Å². The summed E-state index contributed by atoms with van der Waals surface area (Å²) in [5, 5.41) is 25.0. The summed E-state index contributed by atoms with van der Waals surface area (Å²) in [5.74, 6) is -1.24. The quantitative estimate of drug-likeness (QED) is 0.0855. The molecule has 0 unspecified atom stereocenters. The zero-order chi connectivity index (χ0) is 28.6. The van der Waals surface area contributed by atoms with Crippen molar-refractivity contribution >= 4 is 63.9 Å². The minimum atomic E-state index is -5.24. The molecule has 4 N–H and O–H groups in total. The van der Waals surface area contributed by atoms with Crippen LogP contribution in [0.1, 0.15) is 0 Å². The molecule has 0 spiro atoms. The summed E-state index contributed by atoms with van der Waals surface area (Å²) in [4.78, 5) is -3.34. The Balaban J connectivity index is 0.00000294.